The van der Waals surface area contributed by atoms with E-state index in [4.69, 9.17) is 4.74 Å². The van der Waals surface area contributed by atoms with Crippen molar-refractivity contribution in [2.75, 3.05) is 13.2 Å². The van der Waals surface area contributed by atoms with Gasteiger partial charge in [0.05, 0.1) is 6.61 Å². The van der Waals surface area contributed by atoms with Crippen LogP contribution in [0.1, 0.15) is 33.6 Å². The summed E-state index contributed by atoms with van der Waals surface area (Å²) in [6, 6.07) is 9.72. The third-order valence-corrected chi connectivity index (χ3v) is 4.84. The Morgan fingerprint density at radius 3 is 3.04 bits per heavy atom. The fraction of sp³-hybridized carbons (Fsp3) is 0.368. The van der Waals surface area contributed by atoms with Gasteiger partial charge in [-0.2, -0.15) is 0 Å². The lowest BCUT2D eigenvalue weighted by molar-refractivity contribution is 0.0937. The number of hydrogen-bond acceptors (Lipinski definition) is 3. The molecule has 2 heterocycles. The predicted octanol–water partition coefficient (Wildman–Crippen LogP) is 1.84. The van der Waals surface area contributed by atoms with Gasteiger partial charge < -0.3 is 15.0 Å². The molecule has 1 atom stereocenters. The van der Waals surface area contributed by atoms with E-state index >= 15 is 0 Å². The van der Waals surface area contributed by atoms with Gasteiger partial charge in [0, 0.05) is 18.2 Å². The lowest BCUT2D eigenvalue weighted by Crippen LogP contribution is -2.37. The number of rotatable bonds is 3. The minimum absolute atomic E-state index is 0.216. The summed E-state index contributed by atoms with van der Waals surface area (Å²) in [6.45, 7) is 1.08. The molecule has 1 unspecified atom stereocenters. The van der Waals surface area contributed by atoms with E-state index in [0.717, 1.165) is 42.7 Å². The summed E-state index contributed by atoms with van der Waals surface area (Å²) in [6.07, 6.45) is 3.73. The number of nitrogens with one attached hydrogen (secondary N) is 2. The molecule has 2 aliphatic rings. The van der Waals surface area contributed by atoms with Gasteiger partial charge in [-0.1, -0.05) is 18.2 Å². The molecule has 124 valence electrons. The van der Waals surface area contributed by atoms with E-state index in [-0.39, 0.29) is 22.9 Å². The molecule has 1 aromatic heterocycles. The molecule has 5 nitrogen and oxygen atoms in total. The molecule has 1 aliphatic heterocycles. The van der Waals surface area contributed by atoms with Crippen molar-refractivity contribution in [2.45, 2.75) is 25.7 Å². The Morgan fingerprint density at radius 1 is 1.25 bits per heavy atom. The number of carbonyl (C=O) groups is 1. The summed E-state index contributed by atoms with van der Waals surface area (Å²) in [5.74, 6) is 0.845. The van der Waals surface area contributed by atoms with Gasteiger partial charge in [0.25, 0.3) is 11.5 Å². The molecule has 0 fully saturated rings. The van der Waals surface area contributed by atoms with E-state index in [9.17, 15) is 9.59 Å². The third-order valence-electron chi connectivity index (χ3n) is 4.84. The van der Waals surface area contributed by atoms with E-state index in [1.54, 1.807) is 6.07 Å². The van der Waals surface area contributed by atoms with Crippen LogP contribution in [0.15, 0.2) is 35.1 Å². The second-order valence-corrected chi connectivity index (χ2v) is 6.57. The number of pyridine rings is 1. The van der Waals surface area contributed by atoms with Gasteiger partial charge >= 0.3 is 0 Å². The summed E-state index contributed by atoms with van der Waals surface area (Å²) >= 11 is 0. The maximum Gasteiger partial charge on any atom is 0.261 e. The topological polar surface area (TPSA) is 71.2 Å². The zero-order valence-electron chi connectivity index (χ0n) is 13.4. The zero-order chi connectivity index (χ0) is 16.5. The van der Waals surface area contributed by atoms with Crippen molar-refractivity contribution >= 4 is 5.91 Å². The number of aromatic nitrogens is 1. The zero-order valence-corrected chi connectivity index (χ0v) is 13.4. The molecule has 5 heteroatoms. The number of carbonyl (C=O) groups excluding carboxylic acids is 1. The Bertz CT molecular complexity index is 841. The van der Waals surface area contributed by atoms with Crippen molar-refractivity contribution in [2.24, 2.45) is 5.92 Å². The number of benzene rings is 1. The van der Waals surface area contributed by atoms with E-state index < -0.39 is 0 Å². The summed E-state index contributed by atoms with van der Waals surface area (Å²) < 4.78 is 5.74. The quantitative estimate of drug-likeness (QED) is 0.905. The molecule has 0 saturated heterocycles. The van der Waals surface area contributed by atoms with Crippen molar-refractivity contribution in [3.8, 4) is 5.75 Å². The first-order chi connectivity index (χ1) is 11.7. The van der Waals surface area contributed by atoms with Crippen LogP contribution in [-0.2, 0) is 19.3 Å². The third kappa shape index (κ3) is 2.82. The van der Waals surface area contributed by atoms with Gasteiger partial charge in [0.1, 0.15) is 11.3 Å². The van der Waals surface area contributed by atoms with Crippen LogP contribution in [0, 0.1) is 5.92 Å². The first-order valence-corrected chi connectivity index (χ1v) is 8.44. The average Bonchev–Trinajstić information content (AvgIpc) is 3.06. The standard InChI is InChI=1S/C19H20N2O3/c22-18(15-9-13-5-3-6-16(13)21-19(15)23)20-10-12-8-14-4-1-2-7-17(14)24-11-12/h1-2,4,7,9,12H,3,5-6,8,10-11H2,(H,20,22)(H,21,23). The number of ether oxygens (including phenoxy) is 1. The molecule has 0 bridgehead atoms. The lowest BCUT2D eigenvalue weighted by Gasteiger charge is -2.25. The molecule has 1 aliphatic carbocycles. The first kappa shape index (κ1) is 15.0. The monoisotopic (exact) mass is 324 g/mol. The number of amides is 1. The highest BCUT2D eigenvalue weighted by Crippen LogP contribution is 2.26. The van der Waals surface area contributed by atoms with Crippen LogP contribution in [-0.4, -0.2) is 24.0 Å². The number of fused-ring (bicyclic) bond motifs is 2. The van der Waals surface area contributed by atoms with E-state index in [2.05, 4.69) is 16.4 Å². The van der Waals surface area contributed by atoms with Gasteiger partial charge in [-0.05, 0) is 48.9 Å². The number of aryl methyl sites for hydroxylation is 2. The van der Waals surface area contributed by atoms with Crippen molar-refractivity contribution in [1.82, 2.24) is 10.3 Å². The van der Waals surface area contributed by atoms with Crippen LogP contribution in [0.4, 0.5) is 0 Å². The number of aromatic amines is 1. The van der Waals surface area contributed by atoms with E-state index in [1.165, 1.54) is 5.56 Å². The highest BCUT2D eigenvalue weighted by Gasteiger charge is 2.22. The van der Waals surface area contributed by atoms with Gasteiger partial charge in [-0.3, -0.25) is 9.59 Å². The summed E-state index contributed by atoms with van der Waals surface area (Å²) in [5, 5.41) is 2.89. The molecule has 0 saturated carbocycles. The number of H-pyrrole nitrogens is 1. The van der Waals surface area contributed by atoms with Crippen LogP contribution in [0.25, 0.3) is 0 Å². The second-order valence-electron chi connectivity index (χ2n) is 6.57. The Morgan fingerprint density at radius 2 is 2.12 bits per heavy atom. The molecule has 24 heavy (non-hydrogen) atoms. The Kier molecular flexibility index (Phi) is 3.84. The molecule has 1 amide bonds. The van der Waals surface area contributed by atoms with Crippen LogP contribution < -0.4 is 15.6 Å². The average molecular weight is 324 g/mol. The van der Waals surface area contributed by atoms with Crippen molar-refractivity contribution in [1.29, 1.82) is 0 Å². The van der Waals surface area contributed by atoms with Gasteiger partial charge in [-0.25, -0.2) is 0 Å². The molecule has 2 aromatic rings. The molecule has 2 N–H and O–H groups in total. The highest BCUT2D eigenvalue weighted by atomic mass is 16.5. The van der Waals surface area contributed by atoms with Crippen molar-refractivity contribution in [3.63, 3.8) is 0 Å². The predicted molar refractivity (Wildman–Crippen MR) is 90.6 cm³/mol. The summed E-state index contributed by atoms with van der Waals surface area (Å²) in [4.78, 5) is 27.3. The Labute approximate surface area is 140 Å². The van der Waals surface area contributed by atoms with Crippen molar-refractivity contribution in [3.05, 3.63) is 63.1 Å². The first-order valence-electron chi connectivity index (χ1n) is 8.44. The number of hydrogen-bond donors (Lipinski definition) is 2. The number of para-hydroxylation sites is 1. The molecule has 4 rings (SSSR count). The smallest absolute Gasteiger partial charge is 0.261 e. The maximum absolute atomic E-state index is 12.4. The molecule has 0 radical (unpaired) electrons. The van der Waals surface area contributed by atoms with Crippen molar-refractivity contribution < 1.29 is 9.53 Å². The van der Waals surface area contributed by atoms with Gasteiger partial charge in [0.2, 0.25) is 0 Å². The van der Waals surface area contributed by atoms with Crippen LogP contribution in [0.2, 0.25) is 0 Å². The molecular weight excluding hydrogens is 304 g/mol. The minimum Gasteiger partial charge on any atom is -0.493 e. The second kappa shape index (κ2) is 6.15. The van der Waals surface area contributed by atoms with E-state index in [1.807, 2.05) is 18.2 Å². The molecular formula is C19H20N2O3. The SMILES string of the molecule is O=C(NCC1COc2ccccc2C1)c1cc2c([nH]c1=O)CCC2. The Hall–Kier alpha value is -2.56. The maximum atomic E-state index is 12.4. The normalized spacial score (nSPS) is 18.4. The molecule has 0 spiro atoms. The van der Waals surface area contributed by atoms with Gasteiger partial charge in [0.15, 0.2) is 0 Å². The highest BCUT2D eigenvalue weighted by molar-refractivity contribution is 5.94. The fourth-order valence-corrected chi connectivity index (χ4v) is 3.54. The van der Waals surface area contributed by atoms with Crippen LogP contribution in [0.5, 0.6) is 5.75 Å². The Balaban J connectivity index is 1.42. The summed E-state index contributed by atoms with van der Waals surface area (Å²) in [5.41, 5.74) is 3.16. The largest absolute Gasteiger partial charge is 0.493 e. The van der Waals surface area contributed by atoms with E-state index in [0.29, 0.717) is 13.2 Å². The van der Waals surface area contributed by atoms with Crippen LogP contribution in [0.3, 0.4) is 0 Å². The van der Waals surface area contributed by atoms with Gasteiger partial charge in [-0.15, -0.1) is 0 Å². The molecule has 1 aromatic carbocycles. The lowest BCUT2D eigenvalue weighted by atomic mass is 9.96. The fourth-order valence-electron chi connectivity index (χ4n) is 3.54. The van der Waals surface area contributed by atoms with Crippen LogP contribution >= 0.6 is 0 Å². The minimum atomic E-state index is -0.301. The summed E-state index contributed by atoms with van der Waals surface area (Å²) in [7, 11) is 0.